The average Bonchev–Trinajstić information content (AvgIpc) is 2.93. The van der Waals surface area contributed by atoms with Crippen molar-refractivity contribution in [3.8, 4) is 0 Å². The predicted molar refractivity (Wildman–Crippen MR) is 151 cm³/mol. The first-order valence-corrected chi connectivity index (χ1v) is 12.7. The lowest BCUT2D eigenvalue weighted by Crippen LogP contribution is -2.31. The summed E-state index contributed by atoms with van der Waals surface area (Å²) in [6.45, 7) is 0.201. The number of rotatable bonds is 8. The zero-order chi connectivity index (χ0) is 30.4. The van der Waals surface area contributed by atoms with E-state index in [9.17, 15) is 31.5 Å². The lowest BCUT2D eigenvalue weighted by atomic mass is 10.1. The Labute approximate surface area is 239 Å². The molecule has 4 rings (SSSR count). The van der Waals surface area contributed by atoms with E-state index in [1.54, 1.807) is 30.3 Å². The van der Waals surface area contributed by atoms with Crippen LogP contribution in [0.2, 0.25) is 0 Å². The third kappa shape index (κ3) is 7.84. The van der Waals surface area contributed by atoms with Gasteiger partial charge in [0.1, 0.15) is 11.6 Å². The molecule has 0 aromatic heterocycles. The summed E-state index contributed by atoms with van der Waals surface area (Å²) < 4.78 is 65.5. The molecule has 4 aromatic rings. The Morgan fingerprint density at radius 1 is 0.714 bits per heavy atom. The number of halogens is 5. The van der Waals surface area contributed by atoms with Gasteiger partial charge < -0.3 is 20.4 Å². The Morgan fingerprint density at radius 3 is 1.83 bits per heavy atom. The Bertz CT molecular complexity index is 1540. The molecule has 0 atom stereocenters. The lowest BCUT2D eigenvalue weighted by molar-refractivity contribution is -0.137. The normalized spacial score (nSPS) is 11.1. The smallest absolute Gasteiger partial charge is 0.377 e. The van der Waals surface area contributed by atoms with Crippen molar-refractivity contribution in [1.82, 2.24) is 4.90 Å². The van der Waals surface area contributed by atoms with E-state index in [0.29, 0.717) is 16.8 Å². The van der Waals surface area contributed by atoms with E-state index in [4.69, 9.17) is 0 Å². The molecular formula is C31H27F5N4O2. The van der Waals surface area contributed by atoms with Crippen LogP contribution >= 0.6 is 0 Å². The second-order valence-corrected chi connectivity index (χ2v) is 9.69. The van der Waals surface area contributed by atoms with Crippen molar-refractivity contribution in [3.05, 3.63) is 125 Å². The van der Waals surface area contributed by atoms with E-state index in [1.165, 1.54) is 41.3 Å². The van der Waals surface area contributed by atoms with Gasteiger partial charge in [-0.05, 0) is 90.0 Å². The minimum atomic E-state index is -4.49. The average molecular weight is 583 g/mol. The maximum absolute atomic E-state index is 13.5. The summed E-state index contributed by atoms with van der Waals surface area (Å²) in [6.07, 6.45) is -4.49. The molecule has 0 aliphatic carbocycles. The molecule has 0 spiro atoms. The number of alkyl halides is 3. The molecule has 0 heterocycles. The highest BCUT2D eigenvalue weighted by Crippen LogP contribution is 2.30. The van der Waals surface area contributed by atoms with Crippen LogP contribution in [-0.4, -0.2) is 30.9 Å². The Morgan fingerprint density at radius 2 is 1.26 bits per heavy atom. The van der Waals surface area contributed by atoms with Crippen LogP contribution in [0.4, 0.5) is 43.8 Å². The standard InChI is InChI=1S/C31H27F5N4O2/c1-39(2)28-16-15-27(38-30(42)37-26-13-7-23(8-14-26)31(34,35)36)17-22(28)19-40(18-20-3-9-24(32)10-4-20)29(41)21-5-11-25(33)12-6-21/h3-17H,18-19H2,1-2H3,(H2,37,38,42). The highest BCUT2D eigenvalue weighted by molar-refractivity contribution is 6.00. The highest BCUT2D eigenvalue weighted by atomic mass is 19.4. The summed E-state index contributed by atoms with van der Waals surface area (Å²) in [5.74, 6) is -1.29. The number of hydrogen-bond donors (Lipinski definition) is 2. The highest BCUT2D eigenvalue weighted by Gasteiger charge is 2.30. The Hall–Kier alpha value is -4.93. The number of carbonyl (C=O) groups is 2. The van der Waals surface area contributed by atoms with Crippen LogP contribution in [0.1, 0.15) is 27.0 Å². The van der Waals surface area contributed by atoms with Gasteiger partial charge in [-0.15, -0.1) is 0 Å². The van der Waals surface area contributed by atoms with Crippen LogP contribution in [0.3, 0.4) is 0 Å². The molecule has 2 N–H and O–H groups in total. The van der Waals surface area contributed by atoms with E-state index in [0.717, 1.165) is 30.0 Å². The molecule has 11 heteroatoms. The van der Waals surface area contributed by atoms with E-state index in [-0.39, 0.29) is 30.2 Å². The van der Waals surface area contributed by atoms with Gasteiger partial charge in [0.25, 0.3) is 5.91 Å². The van der Waals surface area contributed by atoms with Crippen molar-refractivity contribution >= 4 is 29.0 Å². The lowest BCUT2D eigenvalue weighted by Gasteiger charge is -2.27. The van der Waals surface area contributed by atoms with E-state index in [1.807, 2.05) is 19.0 Å². The van der Waals surface area contributed by atoms with E-state index < -0.39 is 29.4 Å². The maximum Gasteiger partial charge on any atom is 0.416 e. The molecule has 0 aliphatic rings. The molecule has 0 bridgehead atoms. The fraction of sp³-hybridized carbons (Fsp3) is 0.161. The first-order chi connectivity index (χ1) is 19.9. The minimum Gasteiger partial charge on any atom is -0.377 e. The zero-order valence-corrected chi connectivity index (χ0v) is 22.7. The van der Waals surface area contributed by atoms with Crippen LogP contribution in [0.25, 0.3) is 0 Å². The maximum atomic E-state index is 13.5. The number of anilines is 3. The third-order valence-electron chi connectivity index (χ3n) is 6.32. The van der Waals surface area contributed by atoms with Gasteiger partial charge in [-0.2, -0.15) is 13.2 Å². The number of carbonyl (C=O) groups excluding carboxylic acids is 2. The SMILES string of the molecule is CN(C)c1ccc(NC(=O)Nc2ccc(C(F)(F)F)cc2)cc1CN(Cc1ccc(F)cc1)C(=O)c1ccc(F)cc1. The van der Waals surface area contributed by atoms with Crippen LogP contribution in [0, 0.1) is 11.6 Å². The Kier molecular flexibility index (Phi) is 9.09. The third-order valence-corrected chi connectivity index (χ3v) is 6.32. The molecule has 6 nitrogen and oxygen atoms in total. The van der Waals surface area contributed by atoms with Crippen LogP contribution in [0.15, 0.2) is 91.0 Å². The van der Waals surface area contributed by atoms with Crippen molar-refractivity contribution in [2.24, 2.45) is 0 Å². The monoisotopic (exact) mass is 582 g/mol. The Balaban J connectivity index is 1.58. The van der Waals surface area contributed by atoms with Gasteiger partial charge in [0.15, 0.2) is 0 Å². The summed E-state index contributed by atoms with van der Waals surface area (Å²) in [5.41, 5.74) is 2.04. The molecule has 218 valence electrons. The largest absolute Gasteiger partial charge is 0.416 e. The zero-order valence-electron chi connectivity index (χ0n) is 22.7. The molecule has 0 unspecified atom stereocenters. The topological polar surface area (TPSA) is 64.7 Å². The van der Waals surface area contributed by atoms with Gasteiger partial charge in [-0.25, -0.2) is 13.6 Å². The number of urea groups is 1. The summed E-state index contributed by atoms with van der Waals surface area (Å²) in [7, 11) is 3.63. The number of amides is 3. The van der Waals surface area contributed by atoms with Crippen molar-refractivity contribution in [2.45, 2.75) is 19.3 Å². The summed E-state index contributed by atoms with van der Waals surface area (Å²) >= 11 is 0. The summed E-state index contributed by atoms with van der Waals surface area (Å²) in [6, 6.07) is 19.3. The quantitative estimate of drug-likeness (QED) is 0.211. The van der Waals surface area contributed by atoms with E-state index in [2.05, 4.69) is 10.6 Å². The molecular weight excluding hydrogens is 555 g/mol. The number of nitrogens with zero attached hydrogens (tertiary/aromatic N) is 2. The number of nitrogens with one attached hydrogen (secondary N) is 2. The van der Waals surface area contributed by atoms with Crippen molar-refractivity contribution in [1.29, 1.82) is 0 Å². The second kappa shape index (κ2) is 12.7. The second-order valence-electron chi connectivity index (χ2n) is 9.69. The van der Waals surface area contributed by atoms with Crippen LogP contribution < -0.4 is 15.5 Å². The van der Waals surface area contributed by atoms with Gasteiger partial charge in [0.05, 0.1) is 5.56 Å². The molecule has 0 fully saturated rings. The fourth-order valence-corrected chi connectivity index (χ4v) is 4.25. The van der Waals surface area contributed by atoms with Gasteiger partial charge in [0, 0.05) is 49.8 Å². The molecule has 0 aliphatic heterocycles. The van der Waals surface area contributed by atoms with Crippen molar-refractivity contribution in [2.75, 3.05) is 29.6 Å². The number of benzene rings is 4. The molecule has 0 saturated heterocycles. The van der Waals surface area contributed by atoms with Gasteiger partial charge >= 0.3 is 12.2 Å². The summed E-state index contributed by atoms with van der Waals surface area (Å²) in [5, 5.41) is 5.16. The fourth-order valence-electron chi connectivity index (χ4n) is 4.25. The van der Waals surface area contributed by atoms with E-state index >= 15 is 0 Å². The van der Waals surface area contributed by atoms with Gasteiger partial charge in [-0.1, -0.05) is 12.1 Å². The predicted octanol–water partition coefficient (Wildman–Crippen LogP) is 7.54. The van der Waals surface area contributed by atoms with Gasteiger partial charge in [-0.3, -0.25) is 4.79 Å². The molecule has 42 heavy (non-hydrogen) atoms. The molecule has 0 saturated carbocycles. The van der Waals surface area contributed by atoms with Gasteiger partial charge in [0.2, 0.25) is 0 Å². The van der Waals surface area contributed by atoms with Crippen molar-refractivity contribution in [3.63, 3.8) is 0 Å². The molecule has 3 amide bonds. The molecule has 0 radical (unpaired) electrons. The van der Waals surface area contributed by atoms with Crippen LogP contribution in [0.5, 0.6) is 0 Å². The first kappa shape index (κ1) is 30.0. The first-order valence-electron chi connectivity index (χ1n) is 12.7. The minimum absolute atomic E-state index is 0.0805. The van der Waals surface area contributed by atoms with Crippen LogP contribution in [-0.2, 0) is 19.3 Å². The molecule has 4 aromatic carbocycles. The number of hydrogen-bond acceptors (Lipinski definition) is 3. The van der Waals surface area contributed by atoms with Crippen molar-refractivity contribution < 1.29 is 31.5 Å². The summed E-state index contributed by atoms with van der Waals surface area (Å²) in [4.78, 5) is 29.5.